The number of carbonyl (C=O) groups is 1. The van der Waals surface area contributed by atoms with Crippen LogP contribution < -0.4 is 5.32 Å². The third-order valence-electron chi connectivity index (χ3n) is 7.08. The molecule has 2 aromatic heterocycles. The van der Waals surface area contributed by atoms with E-state index in [1.165, 1.54) is 0 Å². The molecule has 0 radical (unpaired) electrons. The number of aliphatic hydroxyl groups excluding tert-OH is 1. The Bertz CT molecular complexity index is 1390. The molecule has 186 valence electrons. The average Bonchev–Trinajstić information content (AvgIpc) is 3.21. The number of halogens is 1. The Hall–Kier alpha value is -3.22. The highest BCUT2D eigenvalue weighted by Crippen LogP contribution is 2.34. The minimum Gasteiger partial charge on any atom is -0.393 e. The van der Waals surface area contributed by atoms with E-state index in [4.69, 9.17) is 21.1 Å². The maximum atomic E-state index is 13.3. The molecular formula is C29H30ClN3O3. The first-order valence-electron chi connectivity index (χ1n) is 12.4. The molecular weight excluding hydrogens is 474 g/mol. The van der Waals surface area contributed by atoms with Crippen molar-refractivity contribution >= 4 is 34.0 Å². The van der Waals surface area contributed by atoms with Crippen LogP contribution in [0.25, 0.3) is 22.0 Å². The molecule has 0 spiro atoms. The topological polar surface area (TPSA) is 88.2 Å². The van der Waals surface area contributed by atoms with Crippen molar-refractivity contribution in [3.63, 3.8) is 0 Å². The van der Waals surface area contributed by atoms with E-state index < -0.39 is 0 Å². The Morgan fingerprint density at radius 1 is 1.11 bits per heavy atom. The Labute approximate surface area is 215 Å². The number of rotatable bonds is 7. The fourth-order valence-corrected chi connectivity index (χ4v) is 5.34. The van der Waals surface area contributed by atoms with Crippen molar-refractivity contribution in [2.75, 3.05) is 5.32 Å². The van der Waals surface area contributed by atoms with E-state index in [0.29, 0.717) is 29.6 Å². The van der Waals surface area contributed by atoms with Crippen LogP contribution in [0.1, 0.15) is 59.6 Å². The zero-order valence-corrected chi connectivity index (χ0v) is 21.3. The van der Waals surface area contributed by atoms with Crippen LogP contribution in [0.2, 0.25) is 5.02 Å². The third kappa shape index (κ3) is 5.30. The smallest absolute Gasteiger partial charge is 0.181 e. The third-order valence-corrected chi connectivity index (χ3v) is 7.31. The fourth-order valence-electron chi connectivity index (χ4n) is 5.13. The van der Waals surface area contributed by atoms with Crippen LogP contribution in [0, 0.1) is 19.8 Å². The first-order valence-corrected chi connectivity index (χ1v) is 12.8. The summed E-state index contributed by atoms with van der Waals surface area (Å²) in [5.74, 6) is 1.10. The summed E-state index contributed by atoms with van der Waals surface area (Å²) in [6, 6.07) is 15.6. The molecule has 2 aromatic carbocycles. The number of fused-ring (bicyclic) bond motifs is 1. The van der Waals surface area contributed by atoms with Crippen molar-refractivity contribution < 1.29 is 14.4 Å². The van der Waals surface area contributed by atoms with Gasteiger partial charge in [-0.25, -0.2) is 4.98 Å². The monoisotopic (exact) mass is 503 g/mol. The van der Waals surface area contributed by atoms with Gasteiger partial charge in [0, 0.05) is 34.6 Å². The molecule has 0 unspecified atom stereocenters. The molecule has 7 heteroatoms. The highest BCUT2D eigenvalue weighted by atomic mass is 35.5. The summed E-state index contributed by atoms with van der Waals surface area (Å²) < 4.78 is 5.38. The number of Topliss-reactive ketones (excluding diaryl/α,β-unsaturated/α-hetero) is 1. The zero-order valence-electron chi connectivity index (χ0n) is 20.6. The standard InChI is InChI=1S/C29H30ClN3O3/c1-17-29(18(2)36-33-17)21-8-11-25-24(14-21)26(31-16-20-4-3-5-22(30)12-20)15-27(32-25)28(35)13-19-6-9-23(34)10-7-19/h3-5,8,11-12,14-15,19,23,34H,6-7,9-10,13,16H2,1-2H3,(H,31,32). The number of nitrogens with zero attached hydrogens (tertiary/aromatic N) is 2. The van der Waals surface area contributed by atoms with Gasteiger partial charge in [-0.3, -0.25) is 4.79 Å². The van der Waals surface area contributed by atoms with Crippen LogP contribution in [0.5, 0.6) is 0 Å². The predicted molar refractivity (Wildman–Crippen MR) is 142 cm³/mol. The van der Waals surface area contributed by atoms with Gasteiger partial charge in [0.2, 0.25) is 0 Å². The lowest BCUT2D eigenvalue weighted by Gasteiger charge is -2.24. The van der Waals surface area contributed by atoms with E-state index in [-0.39, 0.29) is 11.9 Å². The second-order valence-electron chi connectivity index (χ2n) is 9.77. The van der Waals surface area contributed by atoms with Gasteiger partial charge in [0.05, 0.1) is 17.3 Å². The van der Waals surface area contributed by atoms with E-state index in [0.717, 1.165) is 70.4 Å². The van der Waals surface area contributed by atoms with Gasteiger partial charge in [-0.15, -0.1) is 0 Å². The summed E-state index contributed by atoms with van der Waals surface area (Å²) in [4.78, 5) is 18.0. The number of anilines is 1. The number of ketones is 1. The number of pyridine rings is 1. The van der Waals surface area contributed by atoms with E-state index >= 15 is 0 Å². The molecule has 0 amide bonds. The number of aryl methyl sites for hydroxylation is 2. The molecule has 1 aliphatic carbocycles. The first-order chi connectivity index (χ1) is 17.4. The summed E-state index contributed by atoms with van der Waals surface area (Å²) >= 11 is 6.18. The molecule has 2 N–H and O–H groups in total. The van der Waals surface area contributed by atoms with E-state index in [2.05, 4.69) is 16.5 Å². The van der Waals surface area contributed by atoms with Crippen molar-refractivity contribution in [2.24, 2.45) is 5.92 Å². The minimum absolute atomic E-state index is 0.0406. The lowest BCUT2D eigenvalue weighted by Crippen LogP contribution is -2.20. The van der Waals surface area contributed by atoms with E-state index in [1.807, 2.05) is 56.3 Å². The Morgan fingerprint density at radius 3 is 2.64 bits per heavy atom. The lowest BCUT2D eigenvalue weighted by atomic mass is 9.84. The number of aromatic nitrogens is 2. The SMILES string of the molecule is Cc1noc(C)c1-c1ccc2nc(C(=O)CC3CCC(O)CC3)cc(NCc3cccc(Cl)c3)c2c1. The number of hydrogen-bond donors (Lipinski definition) is 2. The molecule has 1 fully saturated rings. The second kappa shape index (κ2) is 10.4. The highest BCUT2D eigenvalue weighted by molar-refractivity contribution is 6.30. The highest BCUT2D eigenvalue weighted by Gasteiger charge is 2.23. The summed E-state index contributed by atoms with van der Waals surface area (Å²) in [6.45, 7) is 4.39. The summed E-state index contributed by atoms with van der Waals surface area (Å²) in [7, 11) is 0. The first kappa shape index (κ1) is 24.5. The van der Waals surface area contributed by atoms with Gasteiger partial charge in [-0.05, 0) is 86.9 Å². The summed E-state index contributed by atoms with van der Waals surface area (Å²) in [5, 5.41) is 19.0. The molecule has 0 atom stereocenters. The van der Waals surface area contributed by atoms with Crippen LogP contribution in [-0.4, -0.2) is 27.1 Å². The van der Waals surface area contributed by atoms with Gasteiger partial charge in [0.1, 0.15) is 11.5 Å². The van der Waals surface area contributed by atoms with Crippen molar-refractivity contribution in [3.05, 3.63) is 76.3 Å². The second-order valence-corrected chi connectivity index (χ2v) is 10.2. The number of nitrogens with one attached hydrogen (secondary N) is 1. The van der Waals surface area contributed by atoms with Crippen molar-refractivity contribution in [3.8, 4) is 11.1 Å². The fraction of sp³-hybridized carbons (Fsp3) is 0.345. The van der Waals surface area contributed by atoms with Crippen LogP contribution in [-0.2, 0) is 6.54 Å². The molecule has 0 saturated heterocycles. The molecule has 1 aliphatic rings. The summed E-state index contributed by atoms with van der Waals surface area (Å²) in [5.41, 5.74) is 5.90. The van der Waals surface area contributed by atoms with Crippen molar-refractivity contribution in [1.29, 1.82) is 0 Å². The molecule has 36 heavy (non-hydrogen) atoms. The van der Waals surface area contributed by atoms with E-state index in [9.17, 15) is 9.90 Å². The zero-order chi connectivity index (χ0) is 25.2. The Kier molecular flexibility index (Phi) is 7.08. The Morgan fingerprint density at radius 2 is 1.92 bits per heavy atom. The molecule has 0 bridgehead atoms. The van der Waals surface area contributed by atoms with Crippen molar-refractivity contribution in [2.45, 2.75) is 58.6 Å². The average molecular weight is 504 g/mol. The normalized spacial score (nSPS) is 17.9. The lowest BCUT2D eigenvalue weighted by molar-refractivity contribution is 0.0856. The van der Waals surface area contributed by atoms with Crippen LogP contribution >= 0.6 is 11.6 Å². The number of benzene rings is 2. The largest absolute Gasteiger partial charge is 0.393 e. The molecule has 0 aliphatic heterocycles. The number of hydrogen-bond acceptors (Lipinski definition) is 6. The predicted octanol–water partition coefficient (Wildman–Crippen LogP) is 6.90. The van der Waals surface area contributed by atoms with Crippen molar-refractivity contribution in [1.82, 2.24) is 10.1 Å². The molecule has 6 nitrogen and oxygen atoms in total. The van der Waals surface area contributed by atoms with E-state index in [1.54, 1.807) is 0 Å². The van der Waals surface area contributed by atoms with Gasteiger partial charge in [-0.1, -0.05) is 35.0 Å². The number of aliphatic hydroxyl groups is 1. The van der Waals surface area contributed by atoms with Crippen LogP contribution in [0.3, 0.4) is 0 Å². The minimum atomic E-state index is -0.232. The molecule has 4 aromatic rings. The Balaban J connectivity index is 1.50. The molecule has 5 rings (SSSR count). The van der Waals surface area contributed by atoms with Gasteiger partial charge >= 0.3 is 0 Å². The van der Waals surface area contributed by atoms with Gasteiger partial charge in [-0.2, -0.15) is 0 Å². The molecule has 2 heterocycles. The van der Waals surface area contributed by atoms with Gasteiger partial charge in [0.15, 0.2) is 5.78 Å². The van der Waals surface area contributed by atoms with Crippen LogP contribution in [0.4, 0.5) is 5.69 Å². The molecule has 1 saturated carbocycles. The maximum Gasteiger partial charge on any atom is 0.181 e. The van der Waals surface area contributed by atoms with Gasteiger partial charge < -0.3 is 14.9 Å². The van der Waals surface area contributed by atoms with Crippen LogP contribution in [0.15, 0.2) is 53.1 Å². The maximum absolute atomic E-state index is 13.3. The van der Waals surface area contributed by atoms with Gasteiger partial charge in [0.25, 0.3) is 0 Å². The quantitative estimate of drug-likeness (QED) is 0.267. The number of carbonyl (C=O) groups excluding carboxylic acids is 1. The summed E-state index contributed by atoms with van der Waals surface area (Å²) in [6.07, 6.45) is 3.50.